The number of ether oxygens (including phenoxy) is 1. The zero-order valence-electron chi connectivity index (χ0n) is 8.16. The second-order valence-corrected chi connectivity index (χ2v) is 4.12. The minimum Gasteiger partial charge on any atom is -0.462 e. The van der Waals surface area contributed by atoms with E-state index in [1.54, 1.807) is 0 Å². The van der Waals surface area contributed by atoms with Crippen molar-refractivity contribution in [2.45, 2.75) is 32.3 Å². The second kappa shape index (κ2) is 3.66. The van der Waals surface area contributed by atoms with Gasteiger partial charge < -0.3 is 9.64 Å². The van der Waals surface area contributed by atoms with Crippen molar-refractivity contribution in [1.82, 2.24) is 4.90 Å². The van der Waals surface area contributed by atoms with Gasteiger partial charge in [-0.25, -0.2) is 0 Å². The van der Waals surface area contributed by atoms with E-state index in [1.165, 1.54) is 12.8 Å². The SMILES string of the molecule is C[C@H](OC(=O)CCN1CC1)C1CC1. The summed E-state index contributed by atoms with van der Waals surface area (Å²) >= 11 is 0. The molecule has 1 aliphatic heterocycles. The predicted octanol–water partition coefficient (Wildman–Crippen LogP) is 1.03. The van der Waals surface area contributed by atoms with Gasteiger partial charge in [0, 0.05) is 19.6 Å². The van der Waals surface area contributed by atoms with Gasteiger partial charge in [0.05, 0.1) is 6.42 Å². The van der Waals surface area contributed by atoms with E-state index in [0.29, 0.717) is 12.3 Å². The van der Waals surface area contributed by atoms with E-state index in [1.807, 2.05) is 6.92 Å². The second-order valence-electron chi connectivity index (χ2n) is 4.12. The molecule has 1 atom stereocenters. The summed E-state index contributed by atoms with van der Waals surface area (Å²) in [5.74, 6) is 0.636. The quantitative estimate of drug-likeness (QED) is 0.471. The van der Waals surface area contributed by atoms with Gasteiger partial charge in [-0.3, -0.25) is 4.79 Å². The van der Waals surface area contributed by atoms with Gasteiger partial charge >= 0.3 is 5.97 Å². The molecule has 0 aromatic heterocycles. The van der Waals surface area contributed by atoms with Crippen LogP contribution < -0.4 is 0 Å². The van der Waals surface area contributed by atoms with Gasteiger partial charge in [0.2, 0.25) is 0 Å². The van der Waals surface area contributed by atoms with Crippen molar-refractivity contribution in [3.63, 3.8) is 0 Å². The summed E-state index contributed by atoms with van der Waals surface area (Å²) in [5.41, 5.74) is 0. The standard InChI is InChI=1S/C10H17NO2/c1-8(9-2-3-9)13-10(12)4-5-11-6-7-11/h8-9H,2-7H2,1H3/t8-/m0/s1. The van der Waals surface area contributed by atoms with Crippen molar-refractivity contribution >= 4 is 5.97 Å². The number of hydrogen-bond acceptors (Lipinski definition) is 3. The third kappa shape index (κ3) is 2.99. The van der Waals surface area contributed by atoms with E-state index in [-0.39, 0.29) is 12.1 Å². The summed E-state index contributed by atoms with van der Waals surface area (Å²) in [7, 11) is 0. The summed E-state index contributed by atoms with van der Waals surface area (Å²) in [5, 5.41) is 0. The zero-order valence-corrected chi connectivity index (χ0v) is 8.16. The fourth-order valence-electron chi connectivity index (χ4n) is 1.47. The molecule has 0 amide bonds. The average Bonchev–Trinajstić information content (AvgIpc) is 2.93. The van der Waals surface area contributed by atoms with Crippen LogP contribution in [-0.4, -0.2) is 36.6 Å². The highest BCUT2D eigenvalue weighted by molar-refractivity contribution is 5.69. The molecule has 0 spiro atoms. The molecule has 3 heteroatoms. The van der Waals surface area contributed by atoms with Gasteiger partial charge in [-0.2, -0.15) is 0 Å². The number of nitrogens with zero attached hydrogens (tertiary/aromatic N) is 1. The first-order valence-corrected chi connectivity index (χ1v) is 5.17. The normalized spacial score (nSPS) is 24.1. The molecule has 0 unspecified atom stereocenters. The van der Waals surface area contributed by atoms with Crippen molar-refractivity contribution in [3.05, 3.63) is 0 Å². The molecule has 74 valence electrons. The Hall–Kier alpha value is -0.570. The van der Waals surface area contributed by atoms with E-state index < -0.39 is 0 Å². The van der Waals surface area contributed by atoms with Crippen LogP contribution in [-0.2, 0) is 9.53 Å². The molecule has 1 saturated carbocycles. The van der Waals surface area contributed by atoms with E-state index in [4.69, 9.17) is 4.74 Å². The van der Waals surface area contributed by atoms with E-state index in [0.717, 1.165) is 19.6 Å². The number of carbonyl (C=O) groups excluding carboxylic acids is 1. The summed E-state index contributed by atoms with van der Waals surface area (Å²) in [6, 6.07) is 0. The molecule has 0 N–H and O–H groups in total. The first kappa shape index (κ1) is 9.00. The van der Waals surface area contributed by atoms with Crippen LogP contribution >= 0.6 is 0 Å². The Bertz CT molecular complexity index is 197. The smallest absolute Gasteiger partial charge is 0.307 e. The molecule has 1 heterocycles. The average molecular weight is 183 g/mol. The summed E-state index contributed by atoms with van der Waals surface area (Å²) in [6.07, 6.45) is 3.19. The van der Waals surface area contributed by atoms with Gasteiger partial charge in [-0.1, -0.05) is 0 Å². The van der Waals surface area contributed by atoms with Crippen LogP contribution in [0.5, 0.6) is 0 Å². The van der Waals surface area contributed by atoms with Crippen molar-refractivity contribution in [3.8, 4) is 0 Å². The van der Waals surface area contributed by atoms with Crippen molar-refractivity contribution in [2.24, 2.45) is 5.92 Å². The maximum Gasteiger partial charge on any atom is 0.307 e. The lowest BCUT2D eigenvalue weighted by Crippen LogP contribution is -2.18. The molecule has 0 aromatic rings. The largest absolute Gasteiger partial charge is 0.462 e. The lowest BCUT2D eigenvalue weighted by atomic mass is 10.3. The molecule has 1 saturated heterocycles. The van der Waals surface area contributed by atoms with Gasteiger partial charge in [0.1, 0.15) is 6.10 Å². The summed E-state index contributed by atoms with van der Waals surface area (Å²) in [6.45, 7) is 5.21. The van der Waals surface area contributed by atoms with Crippen LogP contribution in [0.1, 0.15) is 26.2 Å². The van der Waals surface area contributed by atoms with Crippen molar-refractivity contribution < 1.29 is 9.53 Å². The molecule has 13 heavy (non-hydrogen) atoms. The Morgan fingerprint density at radius 1 is 1.54 bits per heavy atom. The third-order valence-corrected chi connectivity index (χ3v) is 2.78. The minimum absolute atomic E-state index is 0.0219. The first-order chi connectivity index (χ1) is 6.25. The lowest BCUT2D eigenvalue weighted by molar-refractivity contribution is -0.149. The molecule has 0 radical (unpaired) electrons. The van der Waals surface area contributed by atoms with E-state index >= 15 is 0 Å². The Kier molecular flexibility index (Phi) is 2.54. The van der Waals surface area contributed by atoms with Crippen LogP contribution in [0.25, 0.3) is 0 Å². The Morgan fingerprint density at radius 2 is 2.23 bits per heavy atom. The maximum atomic E-state index is 11.3. The Morgan fingerprint density at radius 3 is 2.77 bits per heavy atom. The third-order valence-electron chi connectivity index (χ3n) is 2.78. The fraction of sp³-hybridized carbons (Fsp3) is 0.900. The molecule has 0 aromatic carbocycles. The van der Waals surface area contributed by atoms with E-state index in [9.17, 15) is 4.79 Å². The van der Waals surface area contributed by atoms with E-state index in [2.05, 4.69) is 4.90 Å². The molecule has 0 bridgehead atoms. The van der Waals surface area contributed by atoms with Crippen molar-refractivity contribution in [1.29, 1.82) is 0 Å². The number of carbonyl (C=O) groups is 1. The van der Waals surface area contributed by atoms with Crippen LogP contribution in [0.15, 0.2) is 0 Å². The predicted molar refractivity (Wildman–Crippen MR) is 49.3 cm³/mol. The van der Waals surface area contributed by atoms with Crippen LogP contribution in [0.3, 0.4) is 0 Å². The Balaban J connectivity index is 1.58. The highest BCUT2D eigenvalue weighted by Crippen LogP contribution is 2.34. The molecule has 2 rings (SSSR count). The van der Waals surface area contributed by atoms with Gasteiger partial charge in [-0.15, -0.1) is 0 Å². The minimum atomic E-state index is -0.0219. The zero-order chi connectivity index (χ0) is 9.26. The van der Waals surface area contributed by atoms with Crippen molar-refractivity contribution in [2.75, 3.05) is 19.6 Å². The molecule has 2 fully saturated rings. The van der Waals surface area contributed by atoms with Crippen LogP contribution in [0.4, 0.5) is 0 Å². The fourth-order valence-corrected chi connectivity index (χ4v) is 1.47. The van der Waals surface area contributed by atoms with Crippen LogP contribution in [0.2, 0.25) is 0 Å². The number of hydrogen-bond donors (Lipinski definition) is 0. The molecule has 3 nitrogen and oxygen atoms in total. The van der Waals surface area contributed by atoms with Gasteiger partial charge in [0.25, 0.3) is 0 Å². The Labute approximate surface area is 79.0 Å². The molecular weight excluding hydrogens is 166 g/mol. The maximum absolute atomic E-state index is 11.3. The number of rotatable bonds is 5. The molecule has 1 aliphatic carbocycles. The van der Waals surface area contributed by atoms with Gasteiger partial charge in [0.15, 0.2) is 0 Å². The molecule has 2 aliphatic rings. The molecular formula is C10H17NO2. The van der Waals surface area contributed by atoms with Crippen LogP contribution in [0, 0.1) is 5.92 Å². The highest BCUT2D eigenvalue weighted by atomic mass is 16.5. The number of esters is 1. The lowest BCUT2D eigenvalue weighted by Gasteiger charge is -2.11. The summed E-state index contributed by atoms with van der Waals surface area (Å²) < 4.78 is 5.29. The van der Waals surface area contributed by atoms with Gasteiger partial charge in [-0.05, 0) is 25.7 Å². The first-order valence-electron chi connectivity index (χ1n) is 5.17. The summed E-state index contributed by atoms with van der Waals surface area (Å²) in [4.78, 5) is 13.5. The monoisotopic (exact) mass is 183 g/mol. The topological polar surface area (TPSA) is 29.3 Å². The highest BCUT2D eigenvalue weighted by Gasteiger charge is 2.30.